The number of hydrogen-bond donors (Lipinski definition) is 2. The molecule has 1 aliphatic heterocycles. The number of piperidine rings is 1. The first-order valence-corrected chi connectivity index (χ1v) is 10.9. The molecule has 0 aliphatic carbocycles. The van der Waals surface area contributed by atoms with E-state index < -0.39 is 0 Å². The zero-order valence-corrected chi connectivity index (χ0v) is 18.0. The van der Waals surface area contributed by atoms with Gasteiger partial charge >= 0.3 is 0 Å². The van der Waals surface area contributed by atoms with Crippen molar-refractivity contribution < 1.29 is 4.79 Å². The van der Waals surface area contributed by atoms with Gasteiger partial charge in [0.2, 0.25) is 5.91 Å². The fraction of sp³-hybridized carbons (Fsp3) is 0.480. The number of nitrogens with one attached hydrogen (secondary N) is 2. The number of carbonyl (C=O) groups is 1. The summed E-state index contributed by atoms with van der Waals surface area (Å²) in [5.41, 5.74) is 2.53. The number of amides is 1. The average molecular weight is 394 g/mol. The van der Waals surface area contributed by atoms with E-state index in [1.165, 1.54) is 11.1 Å². The Morgan fingerprint density at radius 2 is 1.59 bits per heavy atom. The highest BCUT2D eigenvalue weighted by atomic mass is 16.2. The van der Waals surface area contributed by atoms with Crippen molar-refractivity contribution in [3.05, 3.63) is 71.8 Å². The molecule has 4 heteroatoms. The van der Waals surface area contributed by atoms with Crippen LogP contribution in [0, 0.1) is 5.92 Å². The Hall–Kier alpha value is -2.17. The van der Waals surface area contributed by atoms with Crippen molar-refractivity contribution >= 4 is 5.91 Å². The van der Waals surface area contributed by atoms with Crippen LogP contribution in [0.1, 0.15) is 43.2 Å². The molecule has 2 N–H and O–H groups in total. The van der Waals surface area contributed by atoms with E-state index in [-0.39, 0.29) is 23.3 Å². The molecule has 2 atom stereocenters. The van der Waals surface area contributed by atoms with Gasteiger partial charge in [-0.2, -0.15) is 0 Å². The molecule has 29 heavy (non-hydrogen) atoms. The fourth-order valence-electron chi connectivity index (χ4n) is 4.86. The third kappa shape index (κ3) is 4.71. The quantitative estimate of drug-likeness (QED) is 0.718. The summed E-state index contributed by atoms with van der Waals surface area (Å²) in [6.45, 7) is 4.48. The van der Waals surface area contributed by atoms with E-state index >= 15 is 0 Å². The van der Waals surface area contributed by atoms with Crippen molar-refractivity contribution in [2.75, 3.05) is 33.7 Å². The van der Waals surface area contributed by atoms with E-state index in [9.17, 15) is 4.79 Å². The van der Waals surface area contributed by atoms with Crippen LogP contribution in [0.2, 0.25) is 0 Å². The van der Waals surface area contributed by atoms with E-state index in [1.807, 2.05) is 20.2 Å². The summed E-state index contributed by atoms with van der Waals surface area (Å²) in [6, 6.07) is 21.1. The van der Waals surface area contributed by atoms with E-state index in [0.29, 0.717) is 6.54 Å². The van der Waals surface area contributed by atoms with Gasteiger partial charge in [0.15, 0.2) is 0 Å². The van der Waals surface area contributed by atoms with Crippen LogP contribution in [0.25, 0.3) is 0 Å². The standard InChI is InChI=1S/C25H35N3O/c1-4-22(20-11-7-5-8-12-20)23(19-26-2)24(29)28-17-15-25(27-3,16-18-28)21-13-9-6-10-14-21/h5-14,22-23,26-27H,4,15-19H2,1-3H3. The highest BCUT2D eigenvalue weighted by Crippen LogP contribution is 2.35. The maximum absolute atomic E-state index is 13.6. The van der Waals surface area contributed by atoms with Crippen LogP contribution in [-0.4, -0.2) is 44.5 Å². The van der Waals surface area contributed by atoms with Gasteiger partial charge < -0.3 is 15.5 Å². The second kappa shape index (κ2) is 10.0. The highest BCUT2D eigenvalue weighted by molar-refractivity contribution is 5.80. The van der Waals surface area contributed by atoms with Crippen molar-refractivity contribution in [3.63, 3.8) is 0 Å². The van der Waals surface area contributed by atoms with Crippen molar-refractivity contribution in [2.24, 2.45) is 5.92 Å². The van der Waals surface area contributed by atoms with Crippen LogP contribution in [0.3, 0.4) is 0 Å². The Labute approximate surface area is 175 Å². The first-order chi connectivity index (χ1) is 14.1. The van der Waals surface area contributed by atoms with Crippen molar-refractivity contribution in [1.29, 1.82) is 0 Å². The minimum atomic E-state index is -0.0415. The van der Waals surface area contributed by atoms with Gasteiger partial charge in [-0.1, -0.05) is 67.6 Å². The van der Waals surface area contributed by atoms with Gasteiger partial charge in [0.05, 0.1) is 5.92 Å². The predicted octanol–water partition coefficient (Wildman–Crippen LogP) is 3.75. The minimum Gasteiger partial charge on any atom is -0.342 e. The lowest BCUT2D eigenvalue weighted by molar-refractivity contribution is -0.138. The molecule has 0 bridgehead atoms. The van der Waals surface area contributed by atoms with E-state index in [2.05, 4.69) is 77.1 Å². The van der Waals surface area contributed by atoms with Gasteiger partial charge in [-0.3, -0.25) is 4.79 Å². The van der Waals surface area contributed by atoms with E-state index in [4.69, 9.17) is 0 Å². The lowest BCUT2D eigenvalue weighted by atomic mass is 9.79. The monoisotopic (exact) mass is 393 g/mol. The van der Waals surface area contributed by atoms with Crippen molar-refractivity contribution in [2.45, 2.75) is 37.6 Å². The zero-order chi connectivity index (χ0) is 20.7. The van der Waals surface area contributed by atoms with Crippen LogP contribution < -0.4 is 10.6 Å². The third-order valence-electron chi connectivity index (χ3n) is 6.63. The van der Waals surface area contributed by atoms with E-state index in [1.54, 1.807) is 0 Å². The first kappa shape index (κ1) is 21.5. The Bertz CT molecular complexity index is 754. The lowest BCUT2D eigenvalue weighted by Crippen LogP contribution is -2.53. The molecule has 2 unspecified atom stereocenters. The molecule has 1 fully saturated rings. The summed E-state index contributed by atoms with van der Waals surface area (Å²) < 4.78 is 0. The van der Waals surface area contributed by atoms with Crippen LogP contribution >= 0.6 is 0 Å². The molecule has 0 aromatic heterocycles. The molecule has 2 aromatic carbocycles. The SMILES string of the molecule is CCC(c1ccccc1)C(CNC)C(=O)N1CCC(NC)(c2ccccc2)CC1. The topological polar surface area (TPSA) is 44.4 Å². The molecular weight excluding hydrogens is 358 g/mol. The Kier molecular flexibility index (Phi) is 7.45. The number of nitrogens with zero attached hydrogens (tertiary/aromatic N) is 1. The highest BCUT2D eigenvalue weighted by Gasteiger charge is 2.38. The van der Waals surface area contributed by atoms with Gasteiger partial charge in [-0.15, -0.1) is 0 Å². The van der Waals surface area contributed by atoms with Crippen LogP contribution in [-0.2, 0) is 10.3 Å². The second-order valence-electron chi connectivity index (χ2n) is 8.11. The molecule has 0 saturated carbocycles. The molecule has 1 aliphatic rings. The van der Waals surface area contributed by atoms with E-state index in [0.717, 1.165) is 32.4 Å². The Morgan fingerprint density at radius 1 is 1.00 bits per heavy atom. The smallest absolute Gasteiger partial charge is 0.227 e. The largest absolute Gasteiger partial charge is 0.342 e. The Balaban J connectivity index is 1.75. The van der Waals surface area contributed by atoms with Gasteiger partial charge in [-0.25, -0.2) is 0 Å². The summed E-state index contributed by atoms with van der Waals surface area (Å²) in [7, 11) is 3.98. The number of hydrogen-bond acceptors (Lipinski definition) is 3. The van der Waals surface area contributed by atoms with Gasteiger partial charge in [0, 0.05) is 25.2 Å². The zero-order valence-electron chi connectivity index (χ0n) is 18.0. The molecule has 0 radical (unpaired) electrons. The van der Waals surface area contributed by atoms with Crippen LogP contribution in [0.15, 0.2) is 60.7 Å². The number of benzene rings is 2. The summed E-state index contributed by atoms with van der Waals surface area (Å²) in [4.78, 5) is 15.7. The minimum absolute atomic E-state index is 0.0359. The Morgan fingerprint density at radius 3 is 2.10 bits per heavy atom. The summed E-state index contributed by atoms with van der Waals surface area (Å²) in [6.07, 6.45) is 2.84. The molecule has 1 saturated heterocycles. The molecule has 3 rings (SSSR count). The fourth-order valence-corrected chi connectivity index (χ4v) is 4.86. The first-order valence-electron chi connectivity index (χ1n) is 10.9. The summed E-state index contributed by atoms with van der Waals surface area (Å²) in [5, 5.41) is 6.82. The van der Waals surface area contributed by atoms with Crippen LogP contribution in [0.5, 0.6) is 0 Å². The number of carbonyl (C=O) groups excluding carboxylic acids is 1. The molecule has 156 valence electrons. The normalized spacial score (nSPS) is 18.2. The van der Waals surface area contributed by atoms with Gasteiger partial charge in [0.25, 0.3) is 0 Å². The van der Waals surface area contributed by atoms with Gasteiger partial charge in [0.1, 0.15) is 0 Å². The average Bonchev–Trinajstić information content (AvgIpc) is 2.80. The number of likely N-dealkylation sites (tertiary alicyclic amines) is 1. The van der Waals surface area contributed by atoms with Crippen LogP contribution in [0.4, 0.5) is 0 Å². The van der Waals surface area contributed by atoms with Gasteiger partial charge in [-0.05, 0) is 50.4 Å². The molecule has 0 spiro atoms. The maximum atomic E-state index is 13.6. The summed E-state index contributed by atoms with van der Waals surface area (Å²) in [5.74, 6) is 0.486. The third-order valence-corrected chi connectivity index (χ3v) is 6.63. The second-order valence-corrected chi connectivity index (χ2v) is 8.11. The molecular formula is C25H35N3O. The van der Waals surface area contributed by atoms with Crippen molar-refractivity contribution in [3.8, 4) is 0 Å². The summed E-state index contributed by atoms with van der Waals surface area (Å²) >= 11 is 0. The number of rotatable bonds is 8. The maximum Gasteiger partial charge on any atom is 0.227 e. The van der Waals surface area contributed by atoms with Crippen molar-refractivity contribution in [1.82, 2.24) is 15.5 Å². The molecule has 1 heterocycles. The molecule has 4 nitrogen and oxygen atoms in total. The lowest BCUT2D eigenvalue weighted by Gasteiger charge is -2.43. The molecule has 1 amide bonds. The molecule has 2 aromatic rings. The predicted molar refractivity (Wildman–Crippen MR) is 120 cm³/mol.